The van der Waals surface area contributed by atoms with Gasteiger partial charge < -0.3 is 9.97 Å². The molecule has 0 radical (unpaired) electrons. The van der Waals surface area contributed by atoms with Crippen molar-refractivity contribution in [2.75, 3.05) is 0 Å². The summed E-state index contributed by atoms with van der Waals surface area (Å²) in [5.74, 6) is 0.523. The van der Waals surface area contributed by atoms with Crippen LogP contribution in [0.2, 0.25) is 5.02 Å². The van der Waals surface area contributed by atoms with Gasteiger partial charge in [0.2, 0.25) is 0 Å². The molecule has 0 aliphatic heterocycles. The first-order chi connectivity index (χ1) is 10.6. The molecule has 1 unspecified atom stereocenters. The van der Waals surface area contributed by atoms with E-state index in [1.807, 2.05) is 24.3 Å². The topological polar surface area (TPSA) is 38.3 Å². The first-order valence-corrected chi connectivity index (χ1v) is 8.57. The zero-order chi connectivity index (χ0) is 15.9. The standard InChI is InChI=1S/C17H25BClNO2/c1-2-3-4-16(17(21)22-18)13-9-15(10-13)20-11-12-5-7-14(19)8-6-12/h5-8,13,15-16,20H,2-4,9-11,18H2,1H3. The van der Waals surface area contributed by atoms with Crippen molar-refractivity contribution >= 4 is 25.6 Å². The fourth-order valence-electron chi connectivity index (χ4n) is 3.14. The summed E-state index contributed by atoms with van der Waals surface area (Å²) in [6, 6.07) is 8.43. The zero-order valence-electron chi connectivity index (χ0n) is 13.5. The van der Waals surface area contributed by atoms with Crippen molar-refractivity contribution < 1.29 is 9.45 Å². The Morgan fingerprint density at radius 3 is 2.68 bits per heavy atom. The molecule has 1 aromatic rings. The molecular weight excluding hydrogens is 296 g/mol. The minimum absolute atomic E-state index is 0.0328. The van der Waals surface area contributed by atoms with Crippen LogP contribution in [0.3, 0.4) is 0 Å². The highest BCUT2D eigenvalue weighted by Crippen LogP contribution is 2.37. The molecule has 1 aromatic carbocycles. The van der Waals surface area contributed by atoms with Crippen LogP contribution in [0.15, 0.2) is 24.3 Å². The SMILES string of the molecule is BOC(=O)C(CCCC)C1CC(NCc2ccc(Cl)cc2)C1. The predicted octanol–water partition coefficient (Wildman–Crippen LogP) is 3.11. The van der Waals surface area contributed by atoms with E-state index < -0.39 is 0 Å². The molecule has 0 aromatic heterocycles. The fourth-order valence-corrected chi connectivity index (χ4v) is 3.27. The van der Waals surface area contributed by atoms with E-state index in [1.165, 1.54) is 13.6 Å². The lowest BCUT2D eigenvalue weighted by Crippen LogP contribution is -2.45. The highest BCUT2D eigenvalue weighted by Gasteiger charge is 2.38. The number of carbonyl (C=O) groups excluding carboxylic acids is 1. The van der Waals surface area contributed by atoms with E-state index in [0.29, 0.717) is 12.0 Å². The van der Waals surface area contributed by atoms with Gasteiger partial charge in [0.05, 0.1) is 5.92 Å². The molecule has 120 valence electrons. The van der Waals surface area contributed by atoms with Crippen molar-refractivity contribution in [2.24, 2.45) is 11.8 Å². The van der Waals surface area contributed by atoms with Gasteiger partial charge in [0.15, 0.2) is 0 Å². The average Bonchev–Trinajstić information content (AvgIpc) is 2.49. The van der Waals surface area contributed by atoms with Crippen LogP contribution in [0.4, 0.5) is 0 Å². The summed E-state index contributed by atoms with van der Waals surface area (Å²) in [5, 5.41) is 4.33. The largest absolute Gasteiger partial charge is 0.543 e. The monoisotopic (exact) mass is 321 g/mol. The smallest absolute Gasteiger partial charge is 0.325 e. The normalized spacial score (nSPS) is 21.9. The van der Waals surface area contributed by atoms with E-state index in [0.717, 1.165) is 43.7 Å². The number of hydrogen-bond acceptors (Lipinski definition) is 3. The van der Waals surface area contributed by atoms with E-state index in [2.05, 4.69) is 12.2 Å². The fraction of sp³-hybridized carbons (Fsp3) is 0.588. The van der Waals surface area contributed by atoms with Crippen LogP contribution >= 0.6 is 11.6 Å². The minimum atomic E-state index is -0.0328. The van der Waals surface area contributed by atoms with Gasteiger partial charge in [-0.1, -0.05) is 43.5 Å². The number of hydrogen-bond donors (Lipinski definition) is 1. The molecule has 0 heterocycles. The molecule has 1 N–H and O–H groups in total. The second-order valence-electron chi connectivity index (χ2n) is 6.21. The van der Waals surface area contributed by atoms with Crippen molar-refractivity contribution in [2.45, 2.75) is 51.6 Å². The van der Waals surface area contributed by atoms with Crippen LogP contribution < -0.4 is 5.32 Å². The van der Waals surface area contributed by atoms with Crippen LogP contribution in [0.5, 0.6) is 0 Å². The quantitative estimate of drug-likeness (QED) is 0.748. The van der Waals surface area contributed by atoms with E-state index in [9.17, 15) is 4.79 Å². The Balaban J connectivity index is 1.75. The van der Waals surface area contributed by atoms with Gasteiger partial charge >= 0.3 is 8.05 Å². The molecular formula is C17H25BClNO2. The lowest BCUT2D eigenvalue weighted by molar-refractivity contribution is -0.142. The summed E-state index contributed by atoms with van der Waals surface area (Å²) >= 11 is 5.89. The summed E-state index contributed by atoms with van der Waals surface area (Å²) in [4.78, 5) is 11.9. The molecule has 3 nitrogen and oxygen atoms in total. The number of benzene rings is 1. The van der Waals surface area contributed by atoms with Gasteiger partial charge in [0.1, 0.15) is 0 Å². The first kappa shape index (κ1) is 17.4. The number of unbranched alkanes of at least 4 members (excludes halogenated alkanes) is 1. The van der Waals surface area contributed by atoms with Gasteiger partial charge in [0, 0.05) is 17.6 Å². The molecule has 2 rings (SSSR count). The lowest BCUT2D eigenvalue weighted by atomic mass is 9.70. The summed E-state index contributed by atoms with van der Waals surface area (Å²) in [6.45, 7) is 3.01. The molecule has 1 aliphatic rings. The number of rotatable bonds is 8. The molecule has 0 saturated heterocycles. The van der Waals surface area contributed by atoms with E-state index in [1.54, 1.807) is 0 Å². The molecule has 1 saturated carbocycles. The third-order valence-corrected chi connectivity index (χ3v) is 4.88. The maximum atomic E-state index is 11.9. The maximum Gasteiger partial charge on any atom is 0.325 e. The van der Waals surface area contributed by atoms with E-state index in [4.69, 9.17) is 16.3 Å². The molecule has 5 heteroatoms. The van der Waals surface area contributed by atoms with E-state index >= 15 is 0 Å². The Bertz CT molecular complexity index is 474. The molecule has 0 amide bonds. The van der Waals surface area contributed by atoms with Gasteiger partial charge in [-0.3, -0.25) is 4.79 Å². The Labute approximate surface area is 139 Å². The second kappa shape index (κ2) is 8.59. The van der Waals surface area contributed by atoms with Crippen LogP contribution in [0, 0.1) is 11.8 Å². The Hall–Kier alpha value is -0.995. The van der Waals surface area contributed by atoms with Gasteiger partial charge in [-0.15, -0.1) is 0 Å². The number of carbonyl (C=O) groups is 1. The first-order valence-electron chi connectivity index (χ1n) is 8.19. The van der Waals surface area contributed by atoms with Gasteiger partial charge in [-0.2, -0.15) is 0 Å². The molecule has 1 fully saturated rings. The van der Waals surface area contributed by atoms with Crippen molar-refractivity contribution in [1.82, 2.24) is 5.32 Å². The second-order valence-corrected chi connectivity index (χ2v) is 6.64. The molecule has 0 bridgehead atoms. The zero-order valence-corrected chi connectivity index (χ0v) is 14.2. The third kappa shape index (κ3) is 4.75. The summed E-state index contributed by atoms with van der Waals surface area (Å²) in [5.41, 5.74) is 1.24. The molecule has 1 atom stereocenters. The van der Waals surface area contributed by atoms with Gasteiger partial charge in [-0.25, -0.2) is 0 Å². The van der Waals surface area contributed by atoms with Gasteiger partial charge in [-0.05, 0) is 42.9 Å². The summed E-state index contributed by atoms with van der Waals surface area (Å²) in [6.07, 6.45) is 5.31. The number of halogens is 1. The highest BCUT2D eigenvalue weighted by atomic mass is 35.5. The van der Waals surface area contributed by atoms with Crippen molar-refractivity contribution in [3.05, 3.63) is 34.9 Å². The molecule has 0 spiro atoms. The van der Waals surface area contributed by atoms with Crippen molar-refractivity contribution in [1.29, 1.82) is 0 Å². The summed E-state index contributed by atoms with van der Waals surface area (Å²) < 4.78 is 4.97. The maximum absolute atomic E-state index is 11.9. The highest BCUT2D eigenvalue weighted by molar-refractivity contribution is 6.30. The van der Waals surface area contributed by atoms with Crippen LogP contribution in [-0.2, 0) is 16.0 Å². The Kier molecular flexibility index (Phi) is 6.78. The van der Waals surface area contributed by atoms with Crippen LogP contribution in [0.25, 0.3) is 0 Å². The lowest BCUT2D eigenvalue weighted by Gasteiger charge is -2.40. The number of nitrogens with one attached hydrogen (secondary N) is 1. The summed E-state index contributed by atoms with van der Waals surface area (Å²) in [7, 11) is 1.50. The van der Waals surface area contributed by atoms with E-state index in [-0.39, 0.29) is 11.9 Å². The van der Waals surface area contributed by atoms with Crippen molar-refractivity contribution in [3.63, 3.8) is 0 Å². The van der Waals surface area contributed by atoms with Crippen molar-refractivity contribution in [3.8, 4) is 0 Å². The van der Waals surface area contributed by atoms with Crippen LogP contribution in [-0.4, -0.2) is 20.1 Å². The Morgan fingerprint density at radius 1 is 1.41 bits per heavy atom. The molecule has 22 heavy (non-hydrogen) atoms. The van der Waals surface area contributed by atoms with Crippen LogP contribution in [0.1, 0.15) is 44.6 Å². The average molecular weight is 322 g/mol. The third-order valence-electron chi connectivity index (χ3n) is 4.62. The Morgan fingerprint density at radius 2 is 2.09 bits per heavy atom. The molecule has 1 aliphatic carbocycles. The predicted molar refractivity (Wildman–Crippen MR) is 92.5 cm³/mol. The van der Waals surface area contributed by atoms with Gasteiger partial charge in [0.25, 0.3) is 5.97 Å². The minimum Gasteiger partial charge on any atom is -0.543 e.